The fourth-order valence-corrected chi connectivity index (χ4v) is 1.88. The van der Waals surface area contributed by atoms with E-state index in [4.69, 9.17) is 0 Å². The maximum Gasteiger partial charge on any atom is 0.112 e. The Bertz CT molecular complexity index is 513. The predicted octanol–water partition coefficient (Wildman–Crippen LogP) is 2.37. The lowest BCUT2D eigenvalue weighted by molar-refractivity contribution is 0.425. The maximum absolute atomic E-state index is 4.39. The summed E-state index contributed by atoms with van der Waals surface area (Å²) in [7, 11) is 4.11. The summed E-state index contributed by atoms with van der Waals surface area (Å²) in [6, 6.07) is 3.93. The van der Waals surface area contributed by atoms with E-state index in [1.54, 1.807) is 12.4 Å². The summed E-state index contributed by atoms with van der Waals surface area (Å²) in [6.45, 7) is 1.88. The summed E-state index contributed by atoms with van der Waals surface area (Å²) in [5.74, 6) is 0. The minimum atomic E-state index is 0.893. The Labute approximate surface area is 109 Å². The standard InChI is InChI=1S/C12H15BrN4/c1-17(2)6-5-15-10-3-4-14-11-7-9(13)8-16-12(10)11/h3-4,7-8H,5-6H2,1-2H3,(H,14,15). The number of halogens is 1. The Balaban J connectivity index is 2.22. The molecule has 0 bridgehead atoms. The highest BCUT2D eigenvalue weighted by molar-refractivity contribution is 9.10. The monoisotopic (exact) mass is 294 g/mol. The Hall–Kier alpha value is -1.20. The quantitative estimate of drug-likeness (QED) is 0.940. The first-order chi connectivity index (χ1) is 8.16. The summed E-state index contributed by atoms with van der Waals surface area (Å²) in [5, 5.41) is 3.38. The lowest BCUT2D eigenvalue weighted by atomic mass is 10.3. The third-order valence-electron chi connectivity index (χ3n) is 2.42. The number of hydrogen-bond donors (Lipinski definition) is 1. The Morgan fingerprint density at radius 3 is 2.94 bits per heavy atom. The van der Waals surface area contributed by atoms with Gasteiger partial charge in [0.25, 0.3) is 0 Å². The Morgan fingerprint density at radius 2 is 2.18 bits per heavy atom. The van der Waals surface area contributed by atoms with E-state index in [2.05, 4.69) is 50.2 Å². The van der Waals surface area contributed by atoms with Crippen LogP contribution in [0, 0.1) is 0 Å². The highest BCUT2D eigenvalue weighted by Gasteiger charge is 2.03. The first-order valence-electron chi connectivity index (χ1n) is 5.45. The van der Waals surface area contributed by atoms with Crippen LogP contribution in [0.1, 0.15) is 0 Å². The smallest absolute Gasteiger partial charge is 0.112 e. The Kier molecular flexibility index (Phi) is 3.91. The van der Waals surface area contributed by atoms with Crippen molar-refractivity contribution in [2.75, 3.05) is 32.5 Å². The van der Waals surface area contributed by atoms with Crippen molar-refractivity contribution < 1.29 is 0 Å². The lowest BCUT2D eigenvalue weighted by Gasteiger charge is -2.12. The van der Waals surface area contributed by atoms with E-state index in [-0.39, 0.29) is 0 Å². The van der Waals surface area contributed by atoms with Gasteiger partial charge < -0.3 is 10.2 Å². The third-order valence-corrected chi connectivity index (χ3v) is 2.85. The van der Waals surface area contributed by atoms with Gasteiger partial charge in [-0.25, -0.2) is 0 Å². The van der Waals surface area contributed by atoms with Crippen LogP contribution >= 0.6 is 15.9 Å². The van der Waals surface area contributed by atoms with Crippen LogP contribution in [0.2, 0.25) is 0 Å². The molecule has 2 heterocycles. The van der Waals surface area contributed by atoms with Gasteiger partial charge in [-0.2, -0.15) is 0 Å². The molecule has 90 valence electrons. The molecular formula is C12H15BrN4. The number of nitrogens with zero attached hydrogens (tertiary/aromatic N) is 3. The first-order valence-corrected chi connectivity index (χ1v) is 6.25. The second-order valence-electron chi connectivity index (χ2n) is 4.11. The SMILES string of the molecule is CN(C)CCNc1ccnc2cc(Br)cnc12. The molecular weight excluding hydrogens is 280 g/mol. The van der Waals surface area contributed by atoms with Crippen LogP contribution < -0.4 is 5.32 Å². The molecule has 4 nitrogen and oxygen atoms in total. The fourth-order valence-electron chi connectivity index (χ4n) is 1.56. The van der Waals surface area contributed by atoms with Gasteiger partial charge in [0.05, 0.1) is 11.2 Å². The van der Waals surface area contributed by atoms with Gasteiger partial charge in [-0.1, -0.05) is 0 Å². The molecule has 0 spiro atoms. The number of rotatable bonds is 4. The van der Waals surface area contributed by atoms with Crippen LogP contribution in [0.25, 0.3) is 11.0 Å². The first kappa shape index (κ1) is 12.3. The molecule has 0 aliphatic heterocycles. The minimum Gasteiger partial charge on any atom is -0.382 e. The molecule has 0 aliphatic rings. The molecule has 0 aromatic carbocycles. The van der Waals surface area contributed by atoms with Gasteiger partial charge in [0, 0.05) is 30.0 Å². The van der Waals surface area contributed by atoms with Crippen LogP contribution in [0.15, 0.2) is 29.0 Å². The molecule has 0 atom stereocenters. The zero-order chi connectivity index (χ0) is 12.3. The summed E-state index contributed by atoms with van der Waals surface area (Å²) in [5.41, 5.74) is 2.84. The summed E-state index contributed by atoms with van der Waals surface area (Å²) in [4.78, 5) is 10.8. The normalized spacial score (nSPS) is 11.1. The van der Waals surface area contributed by atoms with Crippen LogP contribution in [-0.4, -0.2) is 42.1 Å². The van der Waals surface area contributed by atoms with Crippen molar-refractivity contribution in [1.29, 1.82) is 0 Å². The van der Waals surface area contributed by atoms with Crippen molar-refractivity contribution in [3.8, 4) is 0 Å². The number of pyridine rings is 2. The van der Waals surface area contributed by atoms with E-state index < -0.39 is 0 Å². The number of aromatic nitrogens is 2. The summed E-state index contributed by atoms with van der Waals surface area (Å²) >= 11 is 3.40. The van der Waals surface area contributed by atoms with Crippen molar-refractivity contribution in [2.24, 2.45) is 0 Å². The van der Waals surface area contributed by atoms with E-state index in [9.17, 15) is 0 Å². The number of nitrogens with one attached hydrogen (secondary N) is 1. The van der Waals surface area contributed by atoms with Crippen molar-refractivity contribution in [3.05, 3.63) is 29.0 Å². The molecule has 0 saturated heterocycles. The summed E-state index contributed by atoms with van der Waals surface area (Å²) < 4.78 is 0.947. The molecule has 0 amide bonds. The van der Waals surface area contributed by atoms with Crippen LogP contribution in [-0.2, 0) is 0 Å². The van der Waals surface area contributed by atoms with Gasteiger partial charge in [0.15, 0.2) is 0 Å². The molecule has 1 N–H and O–H groups in total. The molecule has 2 rings (SSSR count). The topological polar surface area (TPSA) is 41.0 Å². The fraction of sp³-hybridized carbons (Fsp3) is 0.333. The number of anilines is 1. The molecule has 0 fully saturated rings. The zero-order valence-corrected chi connectivity index (χ0v) is 11.5. The molecule has 2 aromatic heterocycles. The van der Waals surface area contributed by atoms with Crippen LogP contribution in [0.4, 0.5) is 5.69 Å². The maximum atomic E-state index is 4.39. The molecule has 2 aromatic rings. The van der Waals surface area contributed by atoms with Gasteiger partial charge >= 0.3 is 0 Å². The van der Waals surface area contributed by atoms with E-state index in [1.165, 1.54) is 0 Å². The molecule has 0 saturated carbocycles. The molecule has 0 radical (unpaired) electrons. The predicted molar refractivity (Wildman–Crippen MR) is 74.3 cm³/mol. The number of hydrogen-bond acceptors (Lipinski definition) is 4. The number of likely N-dealkylation sites (N-methyl/N-ethyl adjacent to an activating group) is 1. The average molecular weight is 295 g/mol. The second-order valence-corrected chi connectivity index (χ2v) is 5.03. The van der Waals surface area contributed by atoms with Crippen molar-refractivity contribution >= 4 is 32.7 Å². The van der Waals surface area contributed by atoms with Gasteiger partial charge in [-0.3, -0.25) is 9.97 Å². The van der Waals surface area contributed by atoms with E-state index in [0.717, 1.165) is 34.3 Å². The van der Waals surface area contributed by atoms with Crippen LogP contribution in [0.3, 0.4) is 0 Å². The second kappa shape index (κ2) is 5.42. The Morgan fingerprint density at radius 1 is 1.35 bits per heavy atom. The van der Waals surface area contributed by atoms with E-state index in [0.29, 0.717) is 0 Å². The highest BCUT2D eigenvalue weighted by Crippen LogP contribution is 2.21. The van der Waals surface area contributed by atoms with E-state index >= 15 is 0 Å². The molecule has 0 aliphatic carbocycles. The third kappa shape index (κ3) is 3.14. The molecule has 5 heteroatoms. The van der Waals surface area contributed by atoms with Crippen molar-refractivity contribution in [2.45, 2.75) is 0 Å². The largest absolute Gasteiger partial charge is 0.382 e. The average Bonchev–Trinajstić information content (AvgIpc) is 2.28. The van der Waals surface area contributed by atoms with E-state index in [1.807, 2.05) is 12.1 Å². The van der Waals surface area contributed by atoms with Gasteiger partial charge in [0.1, 0.15) is 5.52 Å². The number of fused-ring (bicyclic) bond motifs is 1. The van der Waals surface area contributed by atoms with Gasteiger partial charge in [-0.15, -0.1) is 0 Å². The molecule has 17 heavy (non-hydrogen) atoms. The lowest BCUT2D eigenvalue weighted by Crippen LogP contribution is -2.20. The highest BCUT2D eigenvalue weighted by atomic mass is 79.9. The summed E-state index contributed by atoms with van der Waals surface area (Å²) in [6.07, 6.45) is 3.59. The zero-order valence-electron chi connectivity index (χ0n) is 9.94. The van der Waals surface area contributed by atoms with Gasteiger partial charge in [-0.05, 0) is 42.2 Å². The molecule has 0 unspecified atom stereocenters. The van der Waals surface area contributed by atoms with Crippen molar-refractivity contribution in [1.82, 2.24) is 14.9 Å². The van der Waals surface area contributed by atoms with Gasteiger partial charge in [0.2, 0.25) is 0 Å². The van der Waals surface area contributed by atoms with Crippen LogP contribution in [0.5, 0.6) is 0 Å². The van der Waals surface area contributed by atoms with Crippen molar-refractivity contribution in [3.63, 3.8) is 0 Å². The minimum absolute atomic E-state index is 0.893.